The van der Waals surface area contributed by atoms with Crippen LogP contribution in [-0.4, -0.2) is 5.91 Å². The van der Waals surface area contributed by atoms with Gasteiger partial charge in [0, 0.05) is 16.6 Å². The van der Waals surface area contributed by atoms with Crippen LogP contribution in [0.25, 0.3) is 0 Å². The molecule has 0 unspecified atom stereocenters. The smallest absolute Gasteiger partial charge is 0.258 e. The van der Waals surface area contributed by atoms with E-state index >= 15 is 0 Å². The second-order valence-electron chi connectivity index (χ2n) is 3.80. The van der Waals surface area contributed by atoms with E-state index in [1.165, 1.54) is 0 Å². The minimum Gasteiger partial charge on any atom is -0.322 e. The molecule has 0 saturated heterocycles. The first-order valence-corrected chi connectivity index (χ1v) is 6.34. The van der Waals surface area contributed by atoms with Gasteiger partial charge in [0.25, 0.3) is 5.91 Å². The third-order valence-electron chi connectivity index (χ3n) is 2.45. The van der Waals surface area contributed by atoms with Crippen molar-refractivity contribution in [2.75, 3.05) is 5.32 Å². The minimum atomic E-state index is -0.917. The normalized spacial score (nSPS) is 9.85. The molecule has 2 aromatic carbocycles. The number of thioether (sulfide) groups is 1. The van der Waals surface area contributed by atoms with Crippen molar-refractivity contribution in [3.05, 3.63) is 59.7 Å². The summed E-state index contributed by atoms with van der Waals surface area (Å²) in [7, 11) is 0. The number of benzene rings is 2. The van der Waals surface area contributed by atoms with Crippen molar-refractivity contribution in [3.8, 4) is 5.40 Å². The predicted octanol–water partition coefficient (Wildman–Crippen LogP) is 3.79. The molecule has 0 atom stereocenters. The number of carbonyl (C=O) groups is 1. The molecular formula is C14H8F2N2OS. The topological polar surface area (TPSA) is 52.9 Å². The molecule has 0 aromatic heterocycles. The number of nitriles is 1. The van der Waals surface area contributed by atoms with Gasteiger partial charge in [0.05, 0.1) is 5.56 Å². The molecule has 6 heteroatoms. The van der Waals surface area contributed by atoms with E-state index in [0.29, 0.717) is 11.8 Å². The lowest BCUT2D eigenvalue weighted by atomic mass is 10.2. The van der Waals surface area contributed by atoms with E-state index in [9.17, 15) is 13.6 Å². The minimum absolute atomic E-state index is 0.234. The van der Waals surface area contributed by atoms with E-state index in [1.807, 2.05) is 5.40 Å². The van der Waals surface area contributed by atoms with Gasteiger partial charge in [-0.25, -0.2) is 8.78 Å². The highest BCUT2D eigenvalue weighted by Crippen LogP contribution is 2.20. The monoisotopic (exact) mass is 290 g/mol. The van der Waals surface area contributed by atoms with Crippen molar-refractivity contribution in [2.45, 2.75) is 4.90 Å². The highest BCUT2D eigenvalue weighted by Gasteiger charge is 2.12. The fourth-order valence-corrected chi connectivity index (χ4v) is 1.91. The maximum atomic E-state index is 13.4. The second-order valence-corrected chi connectivity index (χ2v) is 4.65. The Balaban J connectivity index is 2.13. The van der Waals surface area contributed by atoms with Crippen LogP contribution in [0.2, 0.25) is 0 Å². The molecule has 0 aliphatic rings. The number of thiocyanates is 1. The molecular weight excluding hydrogens is 282 g/mol. The van der Waals surface area contributed by atoms with Crippen LogP contribution < -0.4 is 5.32 Å². The first kappa shape index (κ1) is 14.0. The molecule has 1 amide bonds. The van der Waals surface area contributed by atoms with E-state index in [4.69, 9.17) is 5.26 Å². The summed E-state index contributed by atoms with van der Waals surface area (Å²) in [5, 5.41) is 12.9. The maximum Gasteiger partial charge on any atom is 0.258 e. The van der Waals surface area contributed by atoms with E-state index in [-0.39, 0.29) is 5.56 Å². The van der Waals surface area contributed by atoms with E-state index in [2.05, 4.69) is 5.32 Å². The maximum absolute atomic E-state index is 13.4. The standard InChI is InChI=1S/C14H8F2N2OS/c15-9-1-6-12(13(16)7-9)14(19)18-10-2-4-11(5-3-10)20-8-17/h1-7H,(H,18,19). The van der Waals surface area contributed by atoms with Crippen LogP contribution in [0.4, 0.5) is 14.5 Å². The Labute approximate surface area is 118 Å². The summed E-state index contributed by atoms with van der Waals surface area (Å²) in [5.41, 5.74) is 0.225. The SMILES string of the molecule is N#CSc1ccc(NC(=O)c2ccc(F)cc2F)cc1. The van der Waals surface area contributed by atoms with E-state index in [0.717, 1.165) is 28.8 Å². The number of rotatable bonds is 3. The van der Waals surface area contributed by atoms with Crippen LogP contribution in [0.15, 0.2) is 47.4 Å². The van der Waals surface area contributed by atoms with Gasteiger partial charge in [0.2, 0.25) is 0 Å². The Morgan fingerprint density at radius 1 is 1.15 bits per heavy atom. The zero-order chi connectivity index (χ0) is 14.5. The number of hydrogen-bond acceptors (Lipinski definition) is 3. The number of amides is 1. The van der Waals surface area contributed by atoms with Crippen molar-refractivity contribution in [1.82, 2.24) is 0 Å². The second kappa shape index (κ2) is 6.17. The number of nitrogens with one attached hydrogen (secondary N) is 1. The van der Waals surface area contributed by atoms with Gasteiger partial charge in [-0.1, -0.05) is 0 Å². The summed E-state index contributed by atoms with van der Waals surface area (Å²) in [5.74, 6) is -2.32. The Hall–Kier alpha value is -2.39. The largest absolute Gasteiger partial charge is 0.322 e. The lowest BCUT2D eigenvalue weighted by Crippen LogP contribution is -2.13. The molecule has 2 aromatic rings. The molecule has 0 aliphatic heterocycles. The molecule has 1 N–H and O–H groups in total. The van der Waals surface area contributed by atoms with Crippen LogP contribution >= 0.6 is 11.8 Å². The summed E-state index contributed by atoms with van der Waals surface area (Å²) in [6.45, 7) is 0. The third kappa shape index (κ3) is 3.33. The van der Waals surface area contributed by atoms with Crippen LogP contribution in [0.3, 0.4) is 0 Å². The molecule has 100 valence electrons. The first-order chi connectivity index (χ1) is 9.60. The molecule has 0 radical (unpaired) electrons. The lowest BCUT2D eigenvalue weighted by molar-refractivity contribution is 0.102. The number of hydrogen-bond donors (Lipinski definition) is 1. The fraction of sp³-hybridized carbons (Fsp3) is 0. The number of anilines is 1. The number of nitrogens with zero attached hydrogens (tertiary/aromatic N) is 1. The average Bonchev–Trinajstić information content (AvgIpc) is 2.41. The average molecular weight is 290 g/mol. The van der Waals surface area contributed by atoms with Crippen molar-refractivity contribution in [3.63, 3.8) is 0 Å². The van der Waals surface area contributed by atoms with Crippen LogP contribution in [-0.2, 0) is 0 Å². The van der Waals surface area contributed by atoms with Crippen molar-refractivity contribution < 1.29 is 13.6 Å². The van der Waals surface area contributed by atoms with Crippen LogP contribution in [0.1, 0.15) is 10.4 Å². The summed E-state index contributed by atoms with van der Waals surface area (Å²) < 4.78 is 26.2. The Morgan fingerprint density at radius 2 is 1.85 bits per heavy atom. The Kier molecular flexibility index (Phi) is 4.33. The molecule has 2 rings (SSSR count). The van der Waals surface area contributed by atoms with Crippen LogP contribution in [0.5, 0.6) is 0 Å². The lowest BCUT2D eigenvalue weighted by Gasteiger charge is -2.06. The molecule has 0 fully saturated rings. The Morgan fingerprint density at radius 3 is 2.45 bits per heavy atom. The molecule has 0 spiro atoms. The molecule has 0 aliphatic carbocycles. The van der Waals surface area contributed by atoms with E-state index < -0.39 is 17.5 Å². The molecule has 0 bridgehead atoms. The highest BCUT2D eigenvalue weighted by atomic mass is 32.2. The van der Waals surface area contributed by atoms with Gasteiger partial charge in [0.15, 0.2) is 0 Å². The summed E-state index contributed by atoms with van der Waals surface area (Å²) in [6, 6.07) is 9.26. The molecule has 20 heavy (non-hydrogen) atoms. The summed E-state index contributed by atoms with van der Waals surface area (Å²) >= 11 is 0.994. The molecule has 3 nitrogen and oxygen atoms in total. The van der Waals surface area contributed by atoms with Gasteiger partial charge in [0.1, 0.15) is 17.0 Å². The zero-order valence-corrected chi connectivity index (χ0v) is 10.9. The third-order valence-corrected chi connectivity index (χ3v) is 3.05. The van der Waals surface area contributed by atoms with Gasteiger partial charge in [-0.05, 0) is 48.2 Å². The molecule has 0 saturated carbocycles. The quantitative estimate of drug-likeness (QED) is 0.691. The van der Waals surface area contributed by atoms with Gasteiger partial charge in [-0.2, -0.15) is 5.26 Å². The highest BCUT2D eigenvalue weighted by molar-refractivity contribution is 8.03. The number of carbonyl (C=O) groups excluding carboxylic acids is 1. The van der Waals surface area contributed by atoms with Gasteiger partial charge < -0.3 is 5.32 Å². The Bertz CT molecular complexity index is 681. The zero-order valence-electron chi connectivity index (χ0n) is 10.1. The summed E-state index contributed by atoms with van der Waals surface area (Å²) in [6.07, 6.45) is 0. The summed E-state index contributed by atoms with van der Waals surface area (Å²) in [4.78, 5) is 12.6. The van der Waals surface area contributed by atoms with Crippen molar-refractivity contribution in [2.24, 2.45) is 0 Å². The number of halogens is 2. The fourth-order valence-electron chi connectivity index (χ4n) is 1.53. The predicted molar refractivity (Wildman–Crippen MR) is 72.2 cm³/mol. The van der Waals surface area contributed by atoms with Gasteiger partial charge >= 0.3 is 0 Å². The van der Waals surface area contributed by atoms with E-state index in [1.54, 1.807) is 24.3 Å². The molecule has 0 heterocycles. The van der Waals surface area contributed by atoms with Crippen molar-refractivity contribution >= 4 is 23.4 Å². The van der Waals surface area contributed by atoms with Crippen LogP contribution in [0, 0.1) is 22.3 Å². The van der Waals surface area contributed by atoms with Gasteiger partial charge in [-0.15, -0.1) is 0 Å². The first-order valence-electron chi connectivity index (χ1n) is 5.52. The van der Waals surface area contributed by atoms with Crippen molar-refractivity contribution in [1.29, 1.82) is 5.26 Å². The van der Waals surface area contributed by atoms with Gasteiger partial charge in [-0.3, -0.25) is 4.79 Å².